The molecule has 0 aromatic heterocycles. The van der Waals surface area contributed by atoms with Crippen molar-refractivity contribution in [3.63, 3.8) is 0 Å². The third kappa shape index (κ3) is 5.12. The third-order valence-corrected chi connectivity index (χ3v) is 4.40. The van der Waals surface area contributed by atoms with Crippen LogP contribution in [0.5, 0.6) is 0 Å². The van der Waals surface area contributed by atoms with Gasteiger partial charge in [0.05, 0.1) is 20.5 Å². The zero-order chi connectivity index (χ0) is 16.2. The number of hydrogen-bond acceptors (Lipinski definition) is 4. The Labute approximate surface area is 133 Å². The van der Waals surface area contributed by atoms with E-state index >= 15 is 0 Å². The van der Waals surface area contributed by atoms with Crippen LogP contribution in [-0.2, 0) is 14.8 Å². The average molecular weight is 355 g/mol. The monoisotopic (exact) mass is 354 g/mol. The maximum absolute atomic E-state index is 12.1. The molecule has 1 amide bonds. The number of methoxy groups -OCH3 is 1. The molecule has 0 spiro atoms. The van der Waals surface area contributed by atoms with Gasteiger partial charge in [0.1, 0.15) is 0 Å². The van der Waals surface area contributed by atoms with Crippen molar-refractivity contribution in [2.45, 2.75) is 24.3 Å². The van der Waals surface area contributed by atoms with Crippen LogP contribution in [-0.4, -0.2) is 34.1 Å². The van der Waals surface area contributed by atoms with E-state index in [9.17, 15) is 13.2 Å². The van der Waals surface area contributed by atoms with E-state index in [4.69, 9.17) is 33.1 Å². The van der Waals surface area contributed by atoms with Gasteiger partial charge in [0.25, 0.3) is 5.91 Å². The minimum Gasteiger partial charge on any atom is -0.385 e. The smallest absolute Gasteiger partial charge is 0.253 e. The number of hydrogen-bond donors (Lipinski definition) is 2. The van der Waals surface area contributed by atoms with Crippen LogP contribution < -0.4 is 10.5 Å². The van der Waals surface area contributed by atoms with E-state index in [-0.39, 0.29) is 26.5 Å². The van der Waals surface area contributed by atoms with Crippen molar-refractivity contribution in [2.75, 3.05) is 13.7 Å². The van der Waals surface area contributed by atoms with Gasteiger partial charge in [-0.25, -0.2) is 13.6 Å². The normalized spacial score (nSPS) is 13.0. The quantitative estimate of drug-likeness (QED) is 0.813. The number of carbonyl (C=O) groups excluding carboxylic acids is 1. The van der Waals surface area contributed by atoms with Crippen LogP contribution in [0.2, 0.25) is 10.0 Å². The van der Waals surface area contributed by atoms with Gasteiger partial charge < -0.3 is 10.1 Å². The molecular formula is C12H16Cl2N2O4S. The maximum Gasteiger partial charge on any atom is 0.253 e. The summed E-state index contributed by atoms with van der Waals surface area (Å²) >= 11 is 11.8. The van der Waals surface area contributed by atoms with Crippen LogP contribution >= 0.6 is 23.2 Å². The molecule has 1 rings (SSSR count). The topological polar surface area (TPSA) is 98.5 Å². The fourth-order valence-electron chi connectivity index (χ4n) is 1.56. The van der Waals surface area contributed by atoms with Crippen molar-refractivity contribution in [2.24, 2.45) is 5.14 Å². The molecule has 1 unspecified atom stereocenters. The first kappa shape index (κ1) is 18.2. The number of amides is 1. The highest BCUT2D eigenvalue weighted by Crippen LogP contribution is 2.29. The molecule has 21 heavy (non-hydrogen) atoms. The summed E-state index contributed by atoms with van der Waals surface area (Å²) in [5.41, 5.74) is -0.0440. The predicted molar refractivity (Wildman–Crippen MR) is 81.3 cm³/mol. The Morgan fingerprint density at radius 2 is 2.05 bits per heavy atom. The van der Waals surface area contributed by atoms with Crippen molar-refractivity contribution in [1.82, 2.24) is 5.32 Å². The molecule has 0 radical (unpaired) electrons. The molecule has 0 aliphatic carbocycles. The van der Waals surface area contributed by atoms with E-state index in [0.29, 0.717) is 13.0 Å². The van der Waals surface area contributed by atoms with Gasteiger partial charge in [-0.15, -0.1) is 0 Å². The molecular weight excluding hydrogens is 339 g/mol. The van der Waals surface area contributed by atoms with Crippen LogP contribution in [0.4, 0.5) is 0 Å². The molecule has 0 bridgehead atoms. The minimum atomic E-state index is -3.98. The Morgan fingerprint density at radius 3 is 2.57 bits per heavy atom. The number of halogens is 2. The van der Waals surface area contributed by atoms with Crippen molar-refractivity contribution in [3.8, 4) is 0 Å². The number of rotatable bonds is 6. The van der Waals surface area contributed by atoms with Crippen LogP contribution in [0.15, 0.2) is 17.0 Å². The van der Waals surface area contributed by atoms with Gasteiger partial charge in [-0.3, -0.25) is 4.79 Å². The number of benzene rings is 1. The van der Waals surface area contributed by atoms with Gasteiger partial charge in [-0.05, 0) is 25.5 Å². The Bertz CT molecular complexity index is 634. The molecule has 0 saturated carbocycles. The summed E-state index contributed by atoms with van der Waals surface area (Å²) < 4.78 is 27.6. The summed E-state index contributed by atoms with van der Waals surface area (Å²) in [5, 5.41) is 7.63. The number of ether oxygens (including phenoxy) is 1. The minimum absolute atomic E-state index is 0.0273. The first-order valence-corrected chi connectivity index (χ1v) is 8.28. The summed E-state index contributed by atoms with van der Waals surface area (Å²) in [4.78, 5) is 11.9. The Balaban J connectivity index is 3.06. The van der Waals surface area contributed by atoms with Crippen molar-refractivity contribution < 1.29 is 17.9 Å². The lowest BCUT2D eigenvalue weighted by atomic mass is 10.1. The first-order chi connectivity index (χ1) is 9.66. The Kier molecular flexibility index (Phi) is 6.42. The van der Waals surface area contributed by atoms with Crippen molar-refractivity contribution in [3.05, 3.63) is 27.7 Å². The Hall–Kier alpha value is -0.860. The van der Waals surface area contributed by atoms with Gasteiger partial charge >= 0.3 is 0 Å². The number of sulfonamides is 1. The molecule has 1 atom stereocenters. The molecule has 0 aliphatic heterocycles. The summed E-state index contributed by atoms with van der Waals surface area (Å²) in [6.45, 7) is 2.27. The van der Waals surface area contributed by atoms with E-state index in [0.717, 1.165) is 12.1 Å². The van der Waals surface area contributed by atoms with Crippen LogP contribution in [0.25, 0.3) is 0 Å². The molecule has 0 saturated heterocycles. The van der Waals surface area contributed by atoms with Gasteiger partial charge in [0.15, 0.2) is 0 Å². The largest absolute Gasteiger partial charge is 0.385 e. The molecule has 118 valence electrons. The van der Waals surface area contributed by atoms with E-state index in [1.165, 1.54) is 0 Å². The predicted octanol–water partition coefficient (Wildman–Crippen LogP) is 1.80. The highest BCUT2D eigenvalue weighted by Gasteiger charge is 2.20. The standard InChI is InChI=1S/C12H16Cl2N2O4S/c1-7(3-4-20-2)16-12(17)9-5-8(21(15,18)19)6-10(13)11(9)14/h5-7H,3-4H2,1-2H3,(H,16,17)(H2,15,18,19). The van der Waals surface area contributed by atoms with E-state index < -0.39 is 15.9 Å². The maximum atomic E-state index is 12.1. The second-order valence-corrected chi connectivity index (χ2v) is 6.81. The molecule has 0 fully saturated rings. The van der Waals surface area contributed by atoms with Crippen molar-refractivity contribution in [1.29, 1.82) is 0 Å². The Morgan fingerprint density at radius 1 is 1.43 bits per heavy atom. The lowest BCUT2D eigenvalue weighted by molar-refractivity contribution is 0.0929. The number of primary sulfonamides is 1. The number of nitrogens with one attached hydrogen (secondary N) is 1. The lowest BCUT2D eigenvalue weighted by Crippen LogP contribution is -2.33. The highest BCUT2D eigenvalue weighted by molar-refractivity contribution is 7.89. The molecule has 1 aromatic rings. The van der Waals surface area contributed by atoms with Crippen LogP contribution in [0, 0.1) is 0 Å². The molecule has 9 heteroatoms. The van der Waals surface area contributed by atoms with E-state index in [1.807, 2.05) is 0 Å². The molecule has 0 aliphatic rings. The SMILES string of the molecule is COCCC(C)NC(=O)c1cc(S(N)(=O)=O)cc(Cl)c1Cl. The second-order valence-electron chi connectivity index (χ2n) is 4.47. The van der Waals surface area contributed by atoms with Gasteiger partial charge in [0, 0.05) is 19.8 Å². The zero-order valence-electron chi connectivity index (χ0n) is 11.5. The van der Waals surface area contributed by atoms with Gasteiger partial charge in [-0.2, -0.15) is 0 Å². The molecule has 3 N–H and O–H groups in total. The highest BCUT2D eigenvalue weighted by atomic mass is 35.5. The third-order valence-electron chi connectivity index (χ3n) is 2.71. The molecule has 1 aromatic carbocycles. The number of carbonyl (C=O) groups is 1. The first-order valence-electron chi connectivity index (χ1n) is 5.98. The van der Waals surface area contributed by atoms with Crippen LogP contribution in [0.1, 0.15) is 23.7 Å². The van der Waals surface area contributed by atoms with Crippen LogP contribution in [0.3, 0.4) is 0 Å². The lowest BCUT2D eigenvalue weighted by Gasteiger charge is -2.15. The van der Waals surface area contributed by atoms with Gasteiger partial charge in [0.2, 0.25) is 10.0 Å². The van der Waals surface area contributed by atoms with Crippen molar-refractivity contribution >= 4 is 39.1 Å². The summed E-state index contributed by atoms with van der Waals surface area (Å²) in [7, 11) is -2.43. The van der Waals surface area contributed by atoms with E-state index in [2.05, 4.69) is 5.32 Å². The molecule has 0 heterocycles. The van der Waals surface area contributed by atoms with E-state index in [1.54, 1.807) is 14.0 Å². The summed E-state index contributed by atoms with van der Waals surface area (Å²) in [6.07, 6.45) is 0.600. The van der Waals surface area contributed by atoms with Gasteiger partial charge in [-0.1, -0.05) is 23.2 Å². The summed E-state index contributed by atoms with van der Waals surface area (Å²) in [5.74, 6) is -0.531. The average Bonchev–Trinajstić information content (AvgIpc) is 2.37. The zero-order valence-corrected chi connectivity index (χ0v) is 13.8. The molecule has 6 nitrogen and oxygen atoms in total. The fourth-order valence-corrected chi connectivity index (χ4v) is 2.61. The summed E-state index contributed by atoms with van der Waals surface area (Å²) in [6, 6.07) is 2.03. The second kappa shape index (κ2) is 7.42. The number of nitrogens with two attached hydrogens (primary N) is 1. The fraction of sp³-hybridized carbons (Fsp3) is 0.417.